The largest absolute Gasteiger partial charge is 0.328 e. The van der Waals surface area contributed by atoms with Crippen LogP contribution in [0.25, 0.3) is 0 Å². The maximum absolute atomic E-state index is 11.4. The smallest absolute Gasteiger partial charge is 0.312 e. The summed E-state index contributed by atoms with van der Waals surface area (Å²) in [6, 6.07) is 20.8. The van der Waals surface area contributed by atoms with Gasteiger partial charge in [0.25, 0.3) is 0 Å². The first-order valence-electron chi connectivity index (χ1n) is 7.44. The van der Waals surface area contributed by atoms with Crippen LogP contribution in [0.5, 0.6) is 0 Å². The first-order chi connectivity index (χ1) is 10.2. The maximum atomic E-state index is 11.4. The topological polar surface area (TPSA) is 20.3 Å². The van der Waals surface area contributed by atoms with Crippen LogP contribution >= 0.6 is 0 Å². The fourth-order valence-electron chi connectivity index (χ4n) is 2.72. The van der Waals surface area contributed by atoms with E-state index in [2.05, 4.69) is 44.5 Å². The standard InChI is InChI=1S/C19H22NO/c1-16(13-18-9-5-3-6-10-18)20(15-21)17(2)14-19-11-7-4-8-12-19/h3-12,16-17H,13-14H2,1-2H3. The van der Waals surface area contributed by atoms with Crippen LogP contribution in [0.15, 0.2) is 60.7 Å². The van der Waals surface area contributed by atoms with E-state index in [1.165, 1.54) is 11.1 Å². The van der Waals surface area contributed by atoms with Gasteiger partial charge in [0.2, 0.25) is 0 Å². The highest BCUT2D eigenvalue weighted by Gasteiger charge is 2.19. The van der Waals surface area contributed by atoms with Crippen molar-refractivity contribution < 1.29 is 4.79 Å². The average Bonchev–Trinajstić information content (AvgIpc) is 2.50. The van der Waals surface area contributed by atoms with E-state index in [-0.39, 0.29) is 12.1 Å². The summed E-state index contributed by atoms with van der Waals surface area (Å²) in [5.74, 6) is 0. The Balaban J connectivity index is 1.99. The zero-order valence-corrected chi connectivity index (χ0v) is 12.7. The van der Waals surface area contributed by atoms with Crippen LogP contribution in [0, 0.1) is 0 Å². The van der Waals surface area contributed by atoms with E-state index in [1.54, 1.807) is 4.90 Å². The Bertz CT molecular complexity index is 491. The molecule has 2 atom stereocenters. The van der Waals surface area contributed by atoms with Crippen molar-refractivity contribution in [3.63, 3.8) is 0 Å². The highest BCUT2D eigenvalue weighted by atomic mass is 16.1. The second-order valence-corrected chi connectivity index (χ2v) is 5.58. The first-order valence-corrected chi connectivity index (χ1v) is 7.44. The number of hydrogen-bond donors (Lipinski definition) is 0. The molecule has 0 spiro atoms. The van der Waals surface area contributed by atoms with Gasteiger partial charge < -0.3 is 4.90 Å². The maximum Gasteiger partial charge on any atom is 0.312 e. The zero-order valence-electron chi connectivity index (χ0n) is 12.7. The molecule has 109 valence electrons. The molecule has 2 nitrogen and oxygen atoms in total. The van der Waals surface area contributed by atoms with E-state index in [0.717, 1.165) is 12.8 Å². The highest BCUT2D eigenvalue weighted by Crippen LogP contribution is 2.14. The predicted octanol–water partition coefficient (Wildman–Crippen LogP) is 3.62. The third-order valence-electron chi connectivity index (χ3n) is 3.80. The van der Waals surface area contributed by atoms with Gasteiger partial charge in [-0.25, -0.2) is 0 Å². The molecular formula is C19H22NO. The van der Waals surface area contributed by atoms with Gasteiger partial charge >= 0.3 is 6.41 Å². The molecule has 1 amide bonds. The monoisotopic (exact) mass is 280 g/mol. The molecule has 0 aliphatic heterocycles. The van der Waals surface area contributed by atoms with E-state index in [0.29, 0.717) is 0 Å². The lowest BCUT2D eigenvalue weighted by atomic mass is 10.0. The van der Waals surface area contributed by atoms with E-state index >= 15 is 0 Å². The molecule has 0 aliphatic rings. The Labute approximate surface area is 127 Å². The van der Waals surface area contributed by atoms with Gasteiger partial charge in [0.05, 0.1) is 0 Å². The number of amides is 1. The van der Waals surface area contributed by atoms with Crippen LogP contribution in [0.2, 0.25) is 0 Å². The Morgan fingerprint density at radius 2 is 1.19 bits per heavy atom. The van der Waals surface area contributed by atoms with Crippen molar-refractivity contribution in [1.82, 2.24) is 4.90 Å². The lowest BCUT2D eigenvalue weighted by molar-refractivity contribution is 0.245. The van der Waals surface area contributed by atoms with Crippen molar-refractivity contribution in [3.8, 4) is 0 Å². The van der Waals surface area contributed by atoms with Crippen LogP contribution < -0.4 is 0 Å². The summed E-state index contributed by atoms with van der Waals surface area (Å²) < 4.78 is 0. The van der Waals surface area contributed by atoms with Crippen LogP contribution in [-0.4, -0.2) is 23.4 Å². The average molecular weight is 280 g/mol. The predicted molar refractivity (Wildman–Crippen MR) is 86.7 cm³/mol. The van der Waals surface area contributed by atoms with Gasteiger partial charge in [0.15, 0.2) is 0 Å². The molecule has 2 aromatic rings. The minimum absolute atomic E-state index is 0.142. The number of carbonyl (C=O) groups excluding carboxylic acids is 1. The van der Waals surface area contributed by atoms with Crippen molar-refractivity contribution >= 4 is 6.41 Å². The van der Waals surface area contributed by atoms with Crippen molar-refractivity contribution in [3.05, 3.63) is 71.8 Å². The molecule has 0 N–H and O–H groups in total. The fraction of sp³-hybridized carbons (Fsp3) is 0.316. The number of benzene rings is 2. The molecule has 2 heteroatoms. The molecule has 2 unspecified atom stereocenters. The van der Waals surface area contributed by atoms with Crippen LogP contribution in [0.1, 0.15) is 25.0 Å². The Kier molecular flexibility index (Phi) is 5.56. The summed E-state index contributed by atoms with van der Waals surface area (Å²) in [4.78, 5) is 13.2. The van der Waals surface area contributed by atoms with Gasteiger partial charge in [-0.15, -0.1) is 0 Å². The van der Waals surface area contributed by atoms with Crippen molar-refractivity contribution in [2.45, 2.75) is 38.8 Å². The lowest BCUT2D eigenvalue weighted by Crippen LogP contribution is -2.41. The molecule has 0 bridgehead atoms. The molecule has 0 heterocycles. The molecule has 21 heavy (non-hydrogen) atoms. The third kappa shape index (κ3) is 4.45. The molecule has 0 aromatic heterocycles. The molecular weight excluding hydrogens is 258 g/mol. The molecule has 1 radical (unpaired) electrons. The van der Waals surface area contributed by atoms with Gasteiger partial charge in [0.1, 0.15) is 0 Å². The molecule has 0 saturated heterocycles. The van der Waals surface area contributed by atoms with Gasteiger partial charge in [-0.2, -0.15) is 0 Å². The minimum atomic E-state index is 0.142. The van der Waals surface area contributed by atoms with Gasteiger partial charge in [-0.05, 0) is 37.8 Å². The summed E-state index contributed by atoms with van der Waals surface area (Å²) in [6.07, 6.45) is 3.84. The highest BCUT2D eigenvalue weighted by molar-refractivity contribution is 5.49. The summed E-state index contributed by atoms with van der Waals surface area (Å²) in [5, 5.41) is 0. The van der Waals surface area contributed by atoms with Gasteiger partial charge in [-0.3, -0.25) is 4.79 Å². The second-order valence-electron chi connectivity index (χ2n) is 5.58. The Morgan fingerprint density at radius 3 is 1.52 bits per heavy atom. The van der Waals surface area contributed by atoms with Crippen LogP contribution in [-0.2, 0) is 17.6 Å². The summed E-state index contributed by atoms with van der Waals surface area (Å²) >= 11 is 0. The third-order valence-corrected chi connectivity index (χ3v) is 3.80. The van der Waals surface area contributed by atoms with E-state index in [1.807, 2.05) is 36.4 Å². The minimum Gasteiger partial charge on any atom is -0.328 e. The van der Waals surface area contributed by atoms with E-state index < -0.39 is 0 Å². The molecule has 2 rings (SSSR count). The fourth-order valence-corrected chi connectivity index (χ4v) is 2.72. The van der Waals surface area contributed by atoms with Crippen molar-refractivity contribution in [2.75, 3.05) is 0 Å². The number of hydrogen-bond acceptors (Lipinski definition) is 1. The van der Waals surface area contributed by atoms with Gasteiger partial charge in [0, 0.05) is 12.1 Å². The second kappa shape index (κ2) is 7.63. The quantitative estimate of drug-likeness (QED) is 0.709. The Hall–Kier alpha value is -2.09. The molecule has 0 saturated carbocycles. The number of nitrogens with zero attached hydrogens (tertiary/aromatic N) is 1. The normalized spacial score (nSPS) is 13.4. The van der Waals surface area contributed by atoms with Crippen LogP contribution in [0.3, 0.4) is 0 Å². The molecule has 2 aromatic carbocycles. The number of rotatable bonds is 7. The lowest BCUT2D eigenvalue weighted by Gasteiger charge is -2.30. The SMILES string of the molecule is CC(Cc1ccccc1)N([C]=O)C(C)Cc1ccccc1. The summed E-state index contributed by atoms with van der Waals surface area (Å²) in [7, 11) is 0. The van der Waals surface area contributed by atoms with E-state index in [4.69, 9.17) is 0 Å². The van der Waals surface area contributed by atoms with Crippen LogP contribution in [0.4, 0.5) is 0 Å². The first kappa shape index (κ1) is 15.3. The van der Waals surface area contributed by atoms with Crippen molar-refractivity contribution in [1.29, 1.82) is 0 Å². The Morgan fingerprint density at radius 1 is 0.810 bits per heavy atom. The molecule has 0 fully saturated rings. The zero-order chi connectivity index (χ0) is 15.1. The van der Waals surface area contributed by atoms with Crippen molar-refractivity contribution in [2.24, 2.45) is 0 Å². The summed E-state index contributed by atoms with van der Waals surface area (Å²) in [6.45, 7) is 4.17. The van der Waals surface area contributed by atoms with Gasteiger partial charge in [-0.1, -0.05) is 60.7 Å². The summed E-state index contributed by atoms with van der Waals surface area (Å²) in [5.41, 5.74) is 2.49. The molecule has 0 aliphatic carbocycles. The van der Waals surface area contributed by atoms with E-state index in [9.17, 15) is 4.79 Å².